The molecule has 1 atom stereocenters. The summed E-state index contributed by atoms with van der Waals surface area (Å²) in [5, 5.41) is 5.23. The summed E-state index contributed by atoms with van der Waals surface area (Å²) in [6.45, 7) is 3.75. The number of amides is 2. The molecule has 3 N–H and O–H groups in total. The van der Waals surface area contributed by atoms with E-state index in [-0.39, 0.29) is 35.2 Å². The molecule has 0 saturated heterocycles. The second-order valence-corrected chi connectivity index (χ2v) is 8.97. The number of hydrogen-bond acceptors (Lipinski definition) is 8. The van der Waals surface area contributed by atoms with Gasteiger partial charge in [-0.15, -0.1) is 0 Å². The van der Waals surface area contributed by atoms with E-state index in [1.54, 1.807) is 32.0 Å². The molecule has 30 heavy (non-hydrogen) atoms. The third-order valence-corrected chi connectivity index (χ3v) is 6.24. The van der Waals surface area contributed by atoms with Crippen LogP contribution in [0.1, 0.15) is 24.4 Å². The third kappa shape index (κ3) is 5.01. The number of aromatic nitrogens is 2. The van der Waals surface area contributed by atoms with Crippen LogP contribution in [0.15, 0.2) is 45.9 Å². The van der Waals surface area contributed by atoms with Gasteiger partial charge in [-0.3, -0.25) is 9.59 Å². The summed E-state index contributed by atoms with van der Waals surface area (Å²) < 4.78 is 41.3. The van der Waals surface area contributed by atoms with E-state index in [4.69, 9.17) is 4.42 Å². The van der Waals surface area contributed by atoms with Gasteiger partial charge in [0.1, 0.15) is 22.0 Å². The Labute approximate surface area is 177 Å². The first-order valence-corrected chi connectivity index (χ1v) is 11.3. The number of furan rings is 1. The van der Waals surface area contributed by atoms with Gasteiger partial charge >= 0.3 is 0 Å². The molecule has 2 aromatic heterocycles. The molecule has 0 radical (unpaired) electrons. The molecule has 0 unspecified atom stereocenters. The predicted octanol–water partition coefficient (Wildman–Crippen LogP) is 1.13. The number of carbonyl (C=O) groups is 2. The van der Waals surface area contributed by atoms with Crippen molar-refractivity contribution >= 4 is 44.6 Å². The second kappa shape index (κ2) is 9.32. The van der Waals surface area contributed by atoms with Crippen LogP contribution in [-0.4, -0.2) is 48.1 Å². The van der Waals surface area contributed by atoms with Crippen molar-refractivity contribution in [3.8, 4) is 0 Å². The van der Waals surface area contributed by atoms with Crippen LogP contribution in [0.2, 0.25) is 0 Å². The lowest BCUT2D eigenvalue weighted by molar-refractivity contribution is -0.123. The smallest absolute Gasteiger partial charge is 0.287 e. The monoisotopic (exact) mass is 451 g/mol. The second-order valence-electron chi connectivity index (χ2n) is 6.76. The zero-order valence-corrected chi connectivity index (χ0v) is 17.9. The van der Waals surface area contributed by atoms with Gasteiger partial charge in [-0.05, 0) is 30.2 Å². The Morgan fingerprint density at radius 2 is 1.87 bits per heavy atom. The quantitative estimate of drug-likeness (QED) is 0.414. The minimum absolute atomic E-state index is 0.0297. The van der Waals surface area contributed by atoms with Gasteiger partial charge in [0.15, 0.2) is 5.76 Å². The first-order valence-electron chi connectivity index (χ1n) is 9.12. The van der Waals surface area contributed by atoms with Crippen molar-refractivity contribution in [2.24, 2.45) is 5.92 Å². The average Bonchev–Trinajstić information content (AvgIpc) is 3.40. The molecule has 10 nitrogen and oxygen atoms in total. The molecule has 0 aliphatic heterocycles. The summed E-state index contributed by atoms with van der Waals surface area (Å²) in [6.07, 6.45) is 1.39. The number of nitrogens with zero attached hydrogens (tertiary/aromatic N) is 2. The standard InChI is InChI=1S/C18H21N5O5S2/c1-11(2)15(18(25)20-9-8-19-17(24)13-6-4-10-28-13)23-30(26,27)14-7-3-5-12-16(14)22-29-21-12/h3-7,10-11,15,23H,8-9H2,1-2H3,(H,19,24)(H,20,25)/t15-/m1/s1. The van der Waals surface area contributed by atoms with Gasteiger partial charge in [0.25, 0.3) is 5.91 Å². The highest BCUT2D eigenvalue weighted by molar-refractivity contribution is 7.89. The van der Waals surface area contributed by atoms with E-state index in [1.165, 1.54) is 18.4 Å². The maximum Gasteiger partial charge on any atom is 0.287 e. The molecule has 2 amide bonds. The summed E-state index contributed by atoms with van der Waals surface area (Å²) >= 11 is 0.917. The molecule has 0 bridgehead atoms. The Morgan fingerprint density at radius 1 is 1.10 bits per heavy atom. The van der Waals surface area contributed by atoms with E-state index in [0.717, 1.165) is 11.7 Å². The molecule has 3 rings (SSSR count). The molecule has 0 fully saturated rings. The summed E-state index contributed by atoms with van der Waals surface area (Å²) in [5.74, 6) is -1.05. The first kappa shape index (κ1) is 21.9. The van der Waals surface area contributed by atoms with Gasteiger partial charge in [0, 0.05) is 13.1 Å². The number of fused-ring (bicyclic) bond motifs is 1. The Morgan fingerprint density at radius 3 is 2.57 bits per heavy atom. The highest BCUT2D eigenvalue weighted by atomic mass is 32.2. The number of benzene rings is 1. The van der Waals surface area contributed by atoms with Crippen molar-refractivity contribution in [2.75, 3.05) is 13.1 Å². The maximum atomic E-state index is 12.9. The zero-order valence-electron chi connectivity index (χ0n) is 16.3. The third-order valence-electron chi connectivity index (χ3n) is 4.22. The average molecular weight is 452 g/mol. The molecular formula is C18H21N5O5S2. The Bertz CT molecular complexity index is 1130. The van der Waals surface area contributed by atoms with Crippen LogP contribution in [0.25, 0.3) is 11.0 Å². The summed E-state index contributed by atoms with van der Waals surface area (Å²) in [4.78, 5) is 24.4. The molecule has 2 heterocycles. The molecule has 3 aromatic rings. The highest BCUT2D eigenvalue weighted by Gasteiger charge is 2.29. The van der Waals surface area contributed by atoms with Crippen LogP contribution >= 0.6 is 11.7 Å². The molecule has 12 heteroatoms. The summed E-state index contributed by atoms with van der Waals surface area (Å²) in [6, 6.07) is 6.78. The molecular weight excluding hydrogens is 430 g/mol. The molecule has 0 aliphatic carbocycles. The fourth-order valence-corrected chi connectivity index (χ4v) is 4.80. The van der Waals surface area contributed by atoms with Crippen LogP contribution in [0, 0.1) is 5.92 Å². The molecule has 160 valence electrons. The lowest BCUT2D eigenvalue weighted by Crippen LogP contribution is -2.50. The van der Waals surface area contributed by atoms with Gasteiger partial charge in [0.05, 0.1) is 18.0 Å². The first-order chi connectivity index (χ1) is 14.3. The van der Waals surface area contributed by atoms with Crippen LogP contribution in [-0.2, 0) is 14.8 Å². The van der Waals surface area contributed by atoms with E-state index < -0.39 is 27.9 Å². The number of carbonyl (C=O) groups excluding carboxylic acids is 2. The van der Waals surface area contributed by atoms with Crippen LogP contribution in [0.3, 0.4) is 0 Å². The van der Waals surface area contributed by atoms with Crippen molar-refractivity contribution in [1.82, 2.24) is 24.1 Å². The van der Waals surface area contributed by atoms with Crippen molar-refractivity contribution < 1.29 is 22.4 Å². The van der Waals surface area contributed by atoms with Gasteiger partial charge in [-0.2, -0.15) is 13.5 Å². The largest absolute Gasteiger partial charge is 0.459 e. The van der Waals surface area contributed by atoms with Crippen LogP contribution < -0.4 is 15.4 Å². The normalized spacial score (nSPS) is 12.8. The molecule has 1 aromatic carbocycles. The van der Waals surface area contributed by atoms with Crippen LogP contribution in [0.4, 0.5) is 0 Å². The van der Waals surface area contributed by atoms with Gasteiger partial charge in [0.2, 0.25) is 15.9 Å². The van der Waals surface area contributed by atoms with Crippen molar-refractivity contribution in [2.45, 2.75) is 24.8 Å². The molecule has 0 aliphatic rings. The van der Waals surface area contributed by atoms with Gasteiger partial charge in [-0.1, -0.05) is 19.9 Å². The van der Waals surface area contributed by atoms with Crippen molar-refractivity contribution in [3.63, 3.8) is 0 Å². The van der Waals surface area contributed by atoms with E-state index in [0.29, 0.717) is 5.52 Å². The van der Waals surface area contributed by atoms with E-state index in [9.17, 15) is 18.0 Å². The summed E-state index contributed by atoms with van der Waals surface area (Å²) in [7, 11) is -4.01. The fourth-order valence-electron chi connectivity index (χ4n) is 2.69. The minimum atomic E-state index is -4.01. The molecule has 0 spiro atoms. The van der Waals surface area contributed by atoms with Gasteiger partial charge < -0.3 is 15.1 Å². The lowest BCUT2D eigenvalue weighted by atomic mass is 10.1. The number of hydrogen-bond donors (Lipinski definition) is 3. The van der Waals surface area contributed by atoms with Gasteiger partial charge in [-0.25, -0.2) is 8.42 Å². The topological polar surface area (TPSA) is 143 Å². The maximum absolute atomic E-state index is 12.9. The SMILES string of the molecule is CC(C)[C@@H](NS(=O)(=O)c1cccc2nsnc12)C(=O)NCCNC(=O)c1ccco1. The Hall–Kier alpha value is -2.83. The van der Waals surface area contributed by atoms with Crippen molar-refractivity contribution in [3.05, 3.63) is 42.4 Å². The van der Waals surface area contributed by atoms with E-state index in [2.05, 4.69) is 24.1 Å². The van der Waals surface area contributed by atoms with Crippen LogP contribution in [0.5, 0.6) is 0 Å². The summed E-state index contributed by atoms with van der Waals surface area (Å²) in [5.41, 5.74) is 0.735. The minimum Gasteiger partial charge on any atom is -0.459 e. The predicted molar refractivity (Wildman–Crippen MR) is 110 cm³/mol. The number of sulfonamides is 1. The Balaban J connectivity index is 1.61. The molecule has 0 saturated carbocycles. The zero-order chi connectivity index (χ0) is 21.7. The lowest BCUT2D eigenvalue weighted by Gasteiger charge is -2.21. The van der Waals surface area contributed by atoms with E-state index in [1.807, 2.05) is 0 Å². The fraction of sp³-hybridized carbons (Fsp3) is 0.333. The highest BCUT2D eigenvalue weighted by Crippen LogP contribution is 2.21. The van der Waals surface area contributed by atoms with Crippen molar-refractivity contribution in [1.29, 1.82) is 0 Å². The van der Waals surface area contributed by atoms with E-state index >= 15 is 0 Å². The Kier molecular flexibility index (Phi) is 6.80. The number of rotatable bonds is 9. The number of nitrogens with one attached hydrogen (secondary N) is 3.